The van der Waals surface area contributed by atoms with Crippen molar-refractivity contribution in [3.8, 4) is 0 Å². The predicted octanol–water partition coefficient (Wildman–Crippen LogP) is 8.20. The van der Waals surface area contributed by atoms with Crippen molar-refractivity contribution in [2.24, 2.45) is 29.6 Å². The van der Waals surface area contributed by atoms with Gasteiger partial charge >= 0.3 is 12.1 Å². The van der Waals surface area contributed by atoms with Crippen LogP contribution >= 0.6 is 11.3 Å². The third kappa shape index (κ3) is 28.3. The first-order chi connectivity index (χ1) is 56.8. The number of nitrogens with one attached hydrogen (secondary N) is 6. The number of methoxy groups -OCH3 is 2. The lowest BCUT2D eigenvalue weighted by atomic mass is 9.89. The zero-order chi connectivity index (χ0) is 87.2. The number of nitrogens with zero attached hydrogens (tertiary/aromatic N) is 8. The van der Waals surface area contributed by atoms with E-state index in [-0.39, 0.29) is 113 Å². The van der Waals surface area contributed by atoms with E-state index in [4.69, 9.17) is 28.8 Å². The number of ether oxygens (including phenoxy) is 5. The van der Waals surface area contributed by atoms with Crippen molar-refractivity contribution >= 4 is 93.2 Å². The number of carbonyl (C=O) groups excluding carboxylic acids is 10. The molecular weight excluding hydrogens is 1550 g/mol. The number of likely N-dealkylation sites (tertiary alicyclic amines) is 2. The number of aliphatic carboxylic acids is 1. The van der Waals surface area contributed by atoms with Crippen LogP contribution in [0.15, 0.2) is 96.5 Å². The van der Waals surface area contributed by atoms with Crippen LogP contribution in [-0.4, -0.2) is 259 Å². The van der Waals surface area contributed by atoms with Crippen molar-refractivity contribution in [1.29, 1.82) is 0 Å². The first-order valence-electron chi connectivity index (χ1n) is 41.8. The van der Waals surface area contributed by atoms with Crippen LogP contribution in [0.3, 0.4) is 0 Å². The molecule has 0 spiro atoms. The van der Waals surface area contributed by atoms with Gasteiger partial charge in [-0.1, -0.05) is 129 Å². The van der Waals surface area contributed by atoms with Crippen molar-refractivity contribution in [3.63, 3.8) is 0 Å². The summed E-state index contributed by atoms with van der Waals surface area (Å²) >= 11 is 1.47. The highest BCUT2D eigenvalue weighted by Gasteiger charge is 2.45. The van der Waals surface area contributed by atoms with Crippen LogP contribution in [0.5, 0.6) is 0 Å². The summed E-state index contributed by atoms with van der Waals surface area (Å²) in [5, 5.41) is 29.1. The number of hydrogen-bond acceptors (Lipinski definition) is 20. The predicted molar refractivity (Wildman–Crippen MR) is 454 cm³/mol. The third-order valence-corrected chi connectivity index (χ3v) is 23.6. The molecule has 2 aliphatic rings. The summed E-state index contributed by atoms with van der Waals surface area (Å²) < 4.78 is 31.3. The number of aryl methyl sites for hydroxylation is 1. The van der Waals surface area contributed by atoms with E-state index in [2.05, 4.69) is 59.8 Å². The first kappa shape index (κ1) is 96.7. The molecule has 32 heteroatoms. The van der Waals surface area contributed by atoms with Crippen LogP contribution in [0.2, 0.25) is 0 Å². The van der Waals surface area contributed by atoms with E-state index in [1.807, 2.05) is 106 Å². The number of aromatic nitrogens is 2. The second kappa shape index (κ2) is 48.1. The van der Waals surface area contributed by atoms with Gasteiger partial charge in [0.15, 0.2) is 0 Å². The summed E-state index contributed by atoms with van der Waals surface area (Å²) in [5.41, 5.74) is 7.21. The molecule has 0 aliphatic carbocycles. The second-order valence-corrected chi connectivity index (χ2v) is 33.2. The average Bonchev–Trinajstić information content (AvgIpc) is 1.69. The van der Waals surface area contributed by atoms with E-state index in [9.17, 15) is 52.7 Å². The molecule has 2 aromatic heterocycles. The van der Waals surface area contributed by atoms with E-state index in [1.165, 1.54) is 37.3 Å². The third-order valence-electron chi connectivity index (χ3n) is 22.7. The number of carbonyl (C=O) groups is 11. The standard InChI is InChI=1S/C87H130N14O17S/c1-17-58(8)79(70(114-15)52-74(105)101-40-23-28-69(101)80(115-16)59(9)81(108)92-67(85-89-39-49-119-85)50-61-24-19-18-20-25-61)96(13)86(112)77(56(4)5)94-84(111)78(57(6)7)97(14)87(113)118-54-62-29-31-64(32-30-62)91-82(109)60(10)90-83(110)76(55(2)3)93-71(102)33-34-73(104)100(44-46-117-48-47-116-45-38-75(106)107)65-35-41-98(42-36-65)72(103)37-43-99-66(53-95(12)88-11)51-63-26-21-22-27-68(63)99/h18-22,24-27,29-32,39,49,51,55-60,65,67,69-70,76-80,88H,17,23,28,33-38,40-48,50,52-54H2,1-16H3,(H,90,110)(H,91,109)(H,92,108)(H,93,102)(H,94,111)(H,106,107)/t58-,59+,60-,67-,69-,70+,76-,77-,78-,79-,80+/m0/s1. The minimum Gasteiger partial charge on any atom is -0.481 e. The molecule has 2 saturated heterocycles. The number of para-hydroxylation sites is 1. The molecular formula is C87H130N14O17S. The quantitative estimate of drug-likeness (QED) is 0.0142. The fraction of sp³-hybridized carbons (Fsp3) is 0.609. The topological polar surface area (TPSA) is 364 Å². The maximum atomic E-state index is 14.9. The van der Waals surface area contributed by atoms with Crippen LogP contribution in [0.1, 0.15) is 161 Å². The van der Waals surface area contributed by atoms with Gasteiger partial charge in [-0.3, -0.25) is 58.3 Å². The summed E-state index contributed by atoms with van der Waals surface area (Å²) in [6.07, 6.45) is 2.60. The Kier molecular flexibility index (Phi) is 39.1. The van der Waals surface area contributed by atoms with E-state index in [1.54, 1.807) is 87.0 Å². The van der Waals surface area contributed by atoms with Gasteiger partial charge in [0.05, 0.1) is 82.1 Å². The van der Waals surface area contributed by atoms with Gasteiger partial charge in [-0.2, -0.15) is 0 Å². The maximum Gasteiger partial charge on any atom is 0.410 e. The fourth-order valence-corrected chi connectivity index (χ4v) is 16.4. The van der Waals surface area contributed by atoms with Gasteiger partial charge in [0.25, 0.3) is 0 Å². The normalized spacial score (nSPS) is 16.4. The number of thiazole rings is 1. The molecule has 2 aliphatic heterocycles. The van der Waals surface area contributed by atoms with E-state index < -0.39 is 114 Å². The van der Waals surface area contributed by atoms with Crippen molar-refractivity contribution in [3.05, 3.63) is 118 Å². The lowest BCUT2D eigenvalue weighted by Gasteiger charge is -2.41. The number of hydrogen-bond donors (Lipinski definition) is 7. The van der Waals surface area contributed by atoms with Gasteiger partial charge in [0.1, 0.15) is 35.8 Å². The molecule has 2 fully saturated rings. The Morgan fingerprint density at radius 2 is 1.34 bits per heavy atom. The summed E-state index contributed by atoms with van der Waals surface area (Å²) in [7, 11) is 9.99. The molecule has 7 N–H and O–H groups in total. The van der Waals surface area contributed by atoms with Gasteiger partial charge in [-0.15, -0.1) is 11.3 Å². The molecule has 119 heavy (non-hydrogen) atoms. The Balaban J connectivity index is 0.879. The monoisotopic (exact) mass is 1670 g/mol. The highest BCUT2D eigenvalue weighted by atomic mass is 32.1. The molecule has 3 aromatic carbocycles. The van der Waals surface area contributed by atoms with Crippen molar-refractivity contribution < 1.29 is 81.5 Å². The number of piperidine rings is 1. The minimum absolute atomic E-state index is 0.00430. The molecule has 0 unspecified atom stereocenters. The Hall–Kier alpha value is -9.44. The Morgan fingerprint density at radius 1 is 0.664 bits per heavy atom. The van der Waals surface area contributed by atoms with Gasteiger partial charge < -0.3 is 79.5 Å². The number of amides is 10. The Labute approximate surface area is 705 Å². The first-order valence-corrected chi connectivity index (χ1v) is 42.6. The molecule has 11 atom stereocenters. The zero-order valence-electron chi connectivity index (χ0n) is 72.4. The number of fused-ring (bicyclic) bond motifs is 1. The smallest absolute Gasteiger partial charge is 0.410 e. The maximum absolute atomic E-state index is 14.9. The average molecular weight is 1680 g/mol. The Morgan fingerprint density at radius 3 is 1.96 bits per heavy atom. The van der Waals surface area contributed by atoms with Crippen molar-refractivity contribution in [2.45, 2.75) is 220 Å². The summed E-state index contributed by atoms with van der Waals surface area (Å²) in [4.78, 5) is 165. The van der Waals surface area contributed by atoms with E-state index in [0.29, 0.717) is 82.5 Å². The van der Waals surface area contributed by atoms with Gasteiger partial charge in [-0.05, 0) is 111 Å². The number of anilines is 1. The summed E-state index contributed by atoms with van der Waals surface area (Å²) in [6, 6.07) is 20.6. The largest absolute Gasteiger partial charge is 0.481 e. The van der Waals surface area contributed by atoms with E-state index >= 15 is 0 Å². The number of carboxylic acid groups (broad SMARTS) is 1. The van der Waals surface area contributed by atoms with Crippen molar-refractivity contribution in [1.82, 2.24) is 65.8 Å². The summed E-state index contributed by atoms with van der Waals surface area (Å²) in [5.74, 6) is -6.57. The second-order valence-electron chi connectivity index (χ2n) is 32.2. The van der Waals surface area contributed by atoms with Gasteiger partial charge in [-0.25, -0.2) is 14.8 Å². The molecule has 0 bridgehead atoms. The molecule has 656 valence electrons. The molecule has 7 rings (SSSR count). The highest BCUT2D eigenvalue weighted by Crippen LogP contribution is 2.32. The van der Waals surface area contributed by atoms with Crippen LogP contribution in [0.4, 0.5) is 10.5 Å². The van der Waals surface area contributed by atoms with Gasteiger partial charge in [0, 0.05) is 122 Å². The SMILES string of the molecule is CC[C@H](C)[C@@H]([C@@H](CC(=O)N1CCC[C@H]1[C@H](OC)[C@@H](C)C(=O)N[C@@H](Cc1ccccc1)c1nccs1)OC)N(C)C(=O)[C@@H](NC(=O)[C@H](C(C)C)N(C)C(=O)OCc1ccc(NC(=O)[C@H](C)NC(=O)[C@@H](NC(=O)CCC(=O)N(CCOCCOCCC(=O)O)C2CCN(C(=O)CCn3c(CN(C)NC)cc4ccccc43)CC2)C(C)C)cc1)C(C)C. The number of hydrazine groups is 1. The molecule has 5 aromatic rings. The van der Waals surface area contributed by atoms with E-state index in [0.717, 1.165) is 27.2 Å². The van der Waals surface area contributed by atoms with Crippen LogP contribution in [-0.2, 0) is 97.7 Å². The molecule has 31 nitrogen and oxygen atoms in total. The molecule has 10 amide bonds. The molecule has 4 heterocycles. The Bertz CT molecular complexity index is 4090. The lowest BCUT2D eigenvalue weighted by molar-refractivity contribution is -0.148. The highest BCUT2D eigenvalue weighted by molar-refractivity contribution is 7.09. The molecule has 0 radical (unpaired) electrons. The lowest BCUT2D eigenvalue weighted by Crippen LogP contribution is -2.60. The number of rotatable bonds is 48. The van der Waals surface area contributed by atoms with Crippen LogP contribution < -0.4 is 32.0 Å². The zero-order valence-corrected chi connectivity index (χ0v) is 73.2. The van der Waals surface area contributed by atoms with Crippen LogP contribution in [0.25, 0.3) is 10.9 Å². The number of likely N-dealkylation sites (N-methyl/N-ethyl adjacent to an activating group) is 2. The minimum atomic E-state index is -1.08. The fourth-order valence-electron chi connectivity index (χ4n) is 15.7. The van der Waals surface area contributed by atoms with Gasteiger partial charge in [0.2, 0.25) is 53.2 Å². The van der Waals surface area contributed by atoms with Crippen LogP contribution in [0, 0.1) is 29.6 Å². The molecule has 0 saturated carbocycles. The summed E-state index contributed by atoms with van der Waals surface area (Å²) in [6.45, 7) is 20.8. The number of carboxylic acids is 1. The number of benzene rings is 3. The van der Waals surface area contributed by atoms with Crippen molar-refractivity contribution in [2.75, 3.05) is 100 Å².